The summed E-state index contributed by atoms with van der Waals surface area (Å²) in [6.45, 7) is 5.44. The first-order valence-electron chi connectivity index (χ1n) is 14.3. The number of aryl methyl sites for hydroxylation is 1. The smallest absolute Gasteiger partial charge is 0.251 e. The van der Waals surface area contributed by atoms with Crippen LogP contribution in [0, 0.1) is 18.6 Å². The molecule has 0 bridgehead atoms. The van der Waals surface area contributed by atoms with E-state index in [0.717, 1.165) is 57.1 Å². The summed E-state index contributed by atoms with van der Waals surface area (Å²) in [6, 6.07) is 16.8. The summed E-state index contributed by atoms with van der Waals surface area (Å²) in [5.41, 5.74) is 15.3. The molecule has 4 aromatic rings. The highest BCUT2D eigenvalue weighted by atomic mass is 19.1. The Labute approximate surface area is 249 Å². The van der Waals surface area contributed by atoms with Crippen molar-refractivity contribution < 1.29 is 23.0 Å². The Bertz CT molecular complexity index is 1770. The molecule has 1 aliphatic carbocycles. The highest BCUT2D eigenvalue weighted by molar-refractivity contribution is 5.94. The number of methoxy groups -OCH3 is 1. The average molecular weight is 582 g/mol. The van der Waals surface area contributed by atoms with Crippen LogP contribution in [0.25, 0.3) is 16.7 Å². The molecular weight excluding hydrogens is 548 g/mol. The number of halogens is 2. The molecule has 0 fully saturated rings. The molecule has 2 atom stereocenters. The van der Waals surface area contributed by atoms with Gasteiger partial charge in [0, 0.05) is 48.0 Å². The van der Waals surface area contributed by atoms with Crippen LogP contribution in [0.4, 0.5) is 14.6 Å². The van der Waals surface area contributed by atoms with E-state index in [1.165, 1.54) is 12.1 Å². The van der Waals surface area contributed by atoms with Crippen LogP contribution in [0.2, 0.25) is 0 Å². The van der Waals surface area contributed by atoms with Gasteiger partial charge in [-0.15, -0.1) is 0 Å². The molecule has 0 spiro atoms. The average Bonchev–Trinajstić information content (AvgIpc) is 3.00. The van der Waals surface area contributed by atoms with E-state index < -0.39 is 11.6 Å². The van der Waals surface area contributed by atoms with Gasteiger partial charge in [-0.1, -0.05) is 37.3 Å². The van der Waals surface area contributed by atoms with Gasteiger partial charge in [0.05, 0.1) is 13.2 Å². The van der Waals surface area contributed by atoms with Gasteiger partial charge in [-0.25, -0.2) is 13.8 Å². The number of carbonyl (C=O) groups is 1. The second-order valence-corrected chi connectivity index (χ2v) is 11.0. The molecule has 0 saturated carbocycles. The van der Waals surface area contributed by atoms with Gasteiger partial charge in [-0.2, -0.15) is 0 Å². The SMILES string of the molecule is CO[C@@H]1c2ccc(C(=O)NCc3c(C4=CCOCC4)cc(N)nc3C)cc2[C@H](C)c2cc(-c3ccc(F)cc3F)ccc21. The minimum absolute atomic E-state index is 0.0942. The van der Waals surface area contributed by atoms with Crippen molar-refractivity contribution in [3.63, 3.8) is 0 Å². The van der Waals surface area contributed by atoms with Crippen LogP contribution in [-0.4, -0.2) is 31.2 Å². The fourth-order valence-corrected chi connectivity index (χ4v) is 6.27. The number of amides is 1. The molecule has 2 aliphatic rings. The Morgan fingerprint density at radius 3 is 2.51 bits per heavy atom. The van der Waals surface area contributed by atoms with Gasteiger partial charge in [-0.3, -0.25) is 4.79 Å². The number of anilines is 1. The lowest BCUT2D eigenvalue weighted by atomic mass is 9.76. The number of benzene rings is 3. The summed E-state index contributed by atoms with van der Waals surface area (Å²) in [4.78, 5) is 17.9. The van der Waals surface area contributed by atoms with Crippen molar-refractivity contribution in [2.24, 2.45) is 0 Å². The van der Waals surface area contributed by atoms with Crippen molar-refractivity contribution >= 4 is 17.3 Å². The normalized spacial score (nSPS) is 17.6. The van der Waals surface area contributed by atoms with Gasteiger partial charge in [0.2, 0.25) is 0 Å². The quantitative estimate of drug-likeness (QED) is 0.260. The zero-order valence-corrected chi connectivity index (χ0v) is 24.3. The maximum absolute atomic E-state index is 14.6. The predicted molar refractivity (Wildman–Crippen MR) is 163 cm³/mol. The minimum atomic E-state index is -0.619. The standard InChI is InChI=1S/C35H33F2N3O3/c1-19-28-14-22(25-9-6-24(36)16-32(25)37)4-7-26(28)34(42-3)27-8-5-23(15-29(19)27)35(41)39-18-31-20(2)40-33(38)17-30(31)21-10-12-43-13-11-21/h4-10,14-17,19,34H,11-13,18H2,1-3H3,(H2,38,40)(H,39,41)/t19-,34+/m1/s1. The van der Waals surface area contributed by atoms with E-state index in [-0.39, 0.29) is 17.9 Å². The third kappa shape index (κ3) is 5.44. The molecule has 1 aliphatic heterocycles. The van der Waals surface area contributed by atoms with E-state index >= 15 is 0 Å². The zero-order valence-electron chi connectivity index (χ0n) is 24.3. The molecule has 6 rings (SSSR count). The van der Waals surface area contributed by atoms with Crippen LogP contribution in [0.1, 0.15) is 74.8 Å². The van der Waals surface area contributed by atoms with E-state index in [0.29, 0.717) is 42.3 Å². The monoisotopic (exact) mass is 581 g/mol. The molecule has 3 aromatic carbocycles. The van der Waals surface area contributed by atoms with Crippen LogP contribution in [0.5, 0.6) is 0 Å². The second kappa shape index (κ2) is 11.7. The van der Waals surface area contributed by atoms with E-state index in [4.69, 9.17) is 15.2 Å². The summed E-state index contributed by atoms with van der Waals surface area (Å²) in [6.07, 6.45) is 2.47. The molecule has 8 heteroatoms. The molecular formula is C35H33F2N3O3. The maximum Gasteiger partial charge on any atom is 0.251 e. The Kier molecular flexibility index (Phi) is 7.81. The number of nitrogens with one attached hydrogen (secondary N) is 1. The number of pyridine rings is 1. The van der Waals surface area contributed by atoms with Gasteiger partial charge in [-0.05, 0) is 82.6 Å². The van der Waals surface area contributed by atoms with Crippen molar-refractivity contribution in [1.82, 2.24) is 10.3 Å². The molecule has 1 aromatic heterocycles. The Morgan fingerprint density at radius 2 is 1.79 bits per heavy atom. The summed E-state index contributed by atoms with van der Waals surface area (Å²) in [5.74, 6) is -1.10. The lowest BCUT2D eigenvalue weighted by molar-refractivity contribution is 0.0950. The van der Waals surface area contributed by atoms with Crippen LogP contribution in [0.15, 0.2) is 66.7 Å². The van der Waals surface area contributed by atoms with E-state index in [9.17, 15) is 13.6 Å². The number of hydrogen-bond donors (Lipinski definition) is 2. The number of nitrogens with two attached hydrogens (primary N) is 1. The van der Waals surface area contributed by atoms with Gasteiger partial charge in [0.15, 0.2) is 0 Å². The van der Waals surface area contributed by atoms with Crippen molar-refractivity contribution in [1.29, 1.82) is 0 Å². The molecule has 0 radical (unpaired) electrons. The van der Waals surface area contributed by atoms with Crippen molar-refractivity contribution in [3.05, 3.63) is 123 Å². The molecule has 3 N–H and O–H groups in total. The number of carbonyl (C=O) groups excluding carboxylic acids is 1. The molecule has 0 saturated heterocycles. The number of hydrogen-bond acceptors (Lipinski definition) is 5. The highest BCUT2D eigenvalue weighted by Gasteiger charge is 2.31. The first kappa shape index (κ1) is 28.7. The third-order valence-electron chi connectivity index (χ3n) is 8.50. The van der Waals surface area contributed by atoms with E-state index in [2.05, 4.69) is 17.2 Å². The van der Waals surface area contributed by atoms with E-state index in [1.54, 1.807) is 7.11 Å². The summed E-state index contributed by atoms with van der Waals surface area (Å²) < 4.78 is 39.6. The topological polar surface area (TPSA) is 86.5 Å². The first-order valence-corrected chi connectivity index (χ1v) is 14.3. The van der Waals surface area contributed by atoms with Gasteiger partial charge in [0.1, 0.15) is 23.6 Å². The molecule has 6 nitrogen and oxygen atoms in total. The van der Waals surface area contributed by atoms with Crippen LogP contribution < -0.4 is 11.1 Å². The lowest BCUT2D eigenvalue weighted by Crippen LogP contribution is -2.25. The summed E-state index contributed by atoms with van der Waals surface area (Å²) >= 11 is 0. The van der Waals surface area contributed by atoms with Gasteiger partial charge < -0.3 is 20.5 Å². The zero-order chi connectivity index (χ0) is 30.2. The Hall–Kier alpha value is -4.40. The van der Waals surface area contributed by atoms with Crippen LogP contribution in [0.3, 0.4) is 0 Å². The summed E-state index contributed by atoms with van der Waals surface area (Å²) in [5, 5.41) is 3.08. The van der Waals surface area contributed by atoms with Gasteiger partial charge in [0.25, 0.3) is 5.91 Å². The first-order chi connectivity index (χ1) is 20.7. The number of nitrogens with zero attached hydrogens (tertiary/aromatic N) is 1. The molecule has 1 amide bonds. The Morgan fingerprint density at radius 1 is 1.02 bits per heavy atom. The molecule has 43 heavy (non-hydrogen) atoms. The Balaban J connectivity index is 1.29. The number of ether oxygens (including phenoxy) is 2. The highest BCUT2D eigenvalue weighted by Crippen LogP contribution is 2.45. The molecule has 0 unspecified atom stereocenters. The van der Waals surface area contributed by atoms with Crippen molar-refractivity contribution in [2.75, 3.05) is 26.1 Å². The number of nitrogen functional groups attached to an aromatic ring is 1. The maximum atomic E-state index is 14.6. The van der Waals surface area contributed by atoms with E-state index in [1.807, 2.05) is 55.5 Å². The minimum Gasteiger partial charge on any atom is -0.384 e. The molecule has 220 valence electrons. The van der Waals surface area contributed by atoms with Crippen LogP contribution >= 0.6 is 0 Å². The summed E-state index contributed by atoms with van der Waals surface area (Å²) in [7, 11) is 1.65. The molecule has 2 heterocycles. The lowest BCUT2D eigenvalue weighted by Gasteiger charge is -2.32. The fraction of sp³-hybridized carbons (Fsp3) is 0.257. The predicted octanol–water partition coefficient (Wildman–Crippen LogP) is 6.85. The fourth-order valence-electron chi connectivity index (χ4n) is 6.27. The number of rotatable bonds is 6. The van der Waals surface area contributed by atoms with Crippen molar-refractivity contribution in [2.45, 2.75) is 38.8 Å². The van der Waals surface area contributed by atoms with Crippen molar-refractivity contribution in [3.8, 4) is 11.1 Å². The second-order valence-electron chi connectivity index (χ2n) is 11.0. The number of fused-ring (bicyclic) bond motifs is 2. The number of aromatic nitrogens is 1. The van der Waals surface area contributed by atoms with Crippen LogP contribution in [-0.2, 0) is 16.0 Å². The van der Waals surface area contributed by atoms with Gasteiger partial charge >= 0.3 is 0 Å². The third-order valence-corrected chi connectivity index (χ3v) is 8.50. The largest absolute Gasteiger partial charge is 0.384 e.